The van der Waals surface area contributed by atoms with Crippen LogP contribution in [0.15, 0.2) is 53.4 Å². The van der Waals surface area contributed by atoms with Gasteiger partial charge in [0, 0.05) is 31.1 Å². The summed E-state index contributed by atoms with van der Waals surface area (Å²) in [4.78, 5) is 12.4. The van der Waals surface area contributed by atoms with Gasteiger partial charge in [-0.2, -0.15) is 0 Å². The van der Waals surface area contributed by atoms with E-state index in [1.165, 1.54) is 0 Å². The normalized spacial score (nSPS) is 14.8. The maximum absolute atomic E-state index is 12.5. The SMILES string of the molecule is Cc1ccc(S(=O)(=O)Cc2ccc(C(=O)NCC3CNC3)cc2)cc1. The second-order valence-corrected chi connectivity index (χ2v) is 8.49. The number of amides is 1. The minimum absolute atomic E-state index is 0.0777. The Morgan fingerprint density at radius 3 is 2.28 bits per heavy atom. The number of hydrogen-bond donors (Lipinski definition) is 2. The van der Waals surface area contributed by atoms with E-state index in [2.05, 4.69) is 10.6 Å². The first-order chi connectivity index (χ1) is 11.9. The topological polar surface area (TPSA) is 75.3 Å². The number of sulfone groups is 1. The molecule has 0 aliphatic carbocycles. The molecule has 1 aliphatic heterocycles. The van der Waals surface area contributed by atoms with Gasteiger partial charge >= 0.3 is 0 Å². The third-order valence-electron chi connectivity index (χ3n) is 4.37. The highest BCUT2D eigenvalue weighted by atomic mass is 32.2. The van der Waals surface area contributed by atoms with Crippen molar-refractivity contribution >= 4 is 15.7 Å². The molecule has 0 aromatic heterocycles. The molecule has 1 heterocycles. The summed E-state index contributed by atoms with van der Waals surface area (Å²) in [7, 11) is -3.39. The predicted octanol–water partition coefficient (Wildman–Crippen LogP) is 1.92. The van der Waals surface area contributed by atoms with Crippen LogP contribution in [-0.4, -0.2) is 34.0 Å². The molecule has 0 atom stereocenters. The first-order valence-corrected chi connectivity index (χ1v) is 9.96. The van der Waals surface area contributed by atoms with Crippen LogP contribution in [0.2, 0.25) is 0 Å². The van der Waals surface area contributed by atoms with E-state index in [0.29, 0.717) is 28.5 Å². The summed E-state index contributed by atoms with van der Waals surface area (Å²) in [6.45, 7) is 4.46. The van der Waals surface area contributed by atoms with E-state index in [9.17, 15) is 13.2 Å². The molecule has 0 unspecified atom stereocenters. The van der Waals surface area contributed by atoms with Gasteiger partial charge in [0.1, 0.15) is 0 Å². The first kappa shape index (κ1) is 17.6. The maximum atomic E-state index is 12.5. The Morgan fingerprint density at radius 2 is 1.72 bits per heavy atom. The molecule has 1 fully saturated rings. The molecule has 5 nitrogen and oxygen atoms in total. The molecule has 1 saturated heterocycles. The van der Waals surface area contributed by atoms with Crippen molar-refractivity contribution in [1.82, 2.24) is 10.6 Å². The number of carbonyl (C=O) groups excluding carboxylic acids is 1. The summed E-state index contributed by atoms with van der Waals surface area (Å²) in [6, 6.07) is 13.6. The quantitative estimate of drug-likeness (QED) is 0.827. The molecule has 132 valence electrons. The van der Waals surface area contributed by atoms with Crippen LogP contribution in [0.25, 0.3) is 0 Å². The van der Waals surface area contributed by atoms with Crippen LogP contribution in [0, 0.1) is 12.8 Å². The van der Waals surface area contributed by atoms with Gasteiger partial charge in [0.15, 0.2) is 9.84 Å². The van der Waals surface area contributed by atoms with E-state index in [1.54, 1.807) is 48.5 Å². The third kappa shape index (κ3) is 4.46. The molecular weight excluding hydrogens is 336 g/mol. The summed E-state index contributed by atoms with van der Waals surface area (Å²) in [5.74, 6) is 0.300. The minimum atomic E-state index is -3.39. The van der Waals surface area contributed by atoms with E-state index in [-0.39, 0.29) is 11.7 Å². The highest BCUT2D eigenvalue weighted by Gasteiger charge is 2.18. The van der Waals surface area contributed by atoms with Crippen molar-refractivity contribution in [1.29, 1.82) is 0 Å². The summed E-state index contributed by atoms with van der Waals surface area (Å²) >= 11 is 0. The van der Waals surface area contributed by atoms with E-state index in [0.717, 1.165) is 18.7 Å². The van der Waals surface area contributed by atoms with Crippen LogP contribution in [0.1, 0.15) is 21.5 Å². The van der Waals surface area contributed by atoms with Crippen LogP contribution in [0.3, 0.4) is 0 Å². The van der Waals surface area contributed by atoms with Gasteiger partial charge in [0.05, 0.1) is 10.6 Å². The fourth-order valence-corrected chi connectivity index (χ4v) is 3.98. The Bertz CT molecular complexity index is 839. The van der Waals surface area contributed by atoms with E-state index in [1.807, 2.05) is 6.92 Å². The molecule has 2 aromatic carbocycles. The second-order valence-electron chi connectivity index (χ2n) is 6.50. The van der Waals surface area contributed by atoms with Gasteiger partial charge in [-0.1, -0.05) is 29.8 Å². The lowest BCUT2D eigenvalue weighted by Crippen LogP contribution is -2.48. The molecule has 2 N–H and O–H groups in total. The molecular formula is C19H22N2O3S. The van der Waals surface area contributed by atoms with Gasteiger partial charge in [-0.3, -0.25) is 4.79 Å². The number of benzene rings is 2. The molecule has 0 saturated carbocycles. The average molecular weight is 358 g/mol. The molecule has 0 bridgehead atoms. The number of aryl methyl sites for hydroxylation is 1. The van der Waals surface area contributed by atoms with E-state index in [4.69, 9.17) is 0 Å². The lowest BCUT2D eigenvalue weighted by atomic mass is 10.0. The van der Waals surface area contributed by atoms with Crippen molar-refractivity contribution in [3.63, 3.8) is 0 Å². The minimum Gasteiger partial charge on any atom is -0.352 e. The Kier molecular flexibility index (Phi) is 5.20. The molecule has 1 amide bonds. The molecule has 0 spiro atoms. The summed E-state index contributed by atoms with van der Waals surface area (Å²) in [5, 5.41) is 6.06. The van der Waals surface area contributed by atoms with Gasteiger partial charge < -0.3 is 10.6 Å². The van der Waals surface area contributed by atoms with Crippen LogP contribution in [0.5, 0.6) is 0 Å². The lowest BCUT2D eigenvalue weighted by molar-refractivity contribution is 0.0942. The molecule has 0 radical (unpaired) electrons. The number of carbonyl (C=O) groups is 1. The molecule has 2 aromatic rings. The van der Waals surface area contributed by atoms with Gasteiger partial charge in [0.2, 0.25) is 0 Å². The van der Waals surface area contributed by atoms with E-state index >= 15 is 0 Å². The standard InChI is InChI=1S/C19H22N2O3S/c1-14-2-8-18(9-3-14)25(23,24)13-15-4-6-17(7-5-15)19(22)21-12-16-10-20-11-16/h2-9,16,20H,10-13H2,1H3,(H,21,22). The number of rotatable bonds is 6. The predicted molar refractivity (Wildman–Crippen MR) is 97.2 cm³/mol. The summed E-state index contributed by atoms with van der Waals surface area (Å²) < 4.78 is 24.9. The smallest absolute Gasteiger partial charge is 0.251 e. The van der Waals surface area contributed by atoms with Crippen LogP contribution >= 0.6 is 0 Å². The third-order valence-corrected chi connectivity index (χ3v) is 6.07. The van der Waals surface area contributed by atoms with Crippen molar-refractivity contribution in [3.05, 3.63) is 65.2 Å². The summed E-state index contributed by atoms with van der Waals surface area (Å²) in [5.41, 5.74) is 2.23. The van der Waals surface area contributed by atoms with Crippen LogP contribution in [-0.2, 0) is 15.6 Å². The van der Waals surface area contributed by atoms with Crippen molar-refractivity contribution in [2.45, 2.75) is 17.6 Å². The number of nitrogens with one attached hydrogen (secondary N) is 2. The molecule has 3 rings (SSSR count). The van der Waals surface area contributed by atoms with Gasteiger partial charge in [-0.15, -0.1) is 0 Å². The largest absolute Gasteiger partial charge is 0.352 e. The highest BCUT2D eigenvalue weighted by molar-refractivity contribution is 7.90. The number of hydrogen-bond acceptors (Lipinski definition) is 4. The second kappa shape index (κ2) is 7.37. The zero-order valence-electron chi connectivity index (χ0n) is 14.2. The Hall–Kier alpha value is -2.18. The van der Waals surface area contributed by atoms with Crippen LogP contribution < -0.4 is 10.6 Å². The monoisotopic (exact) mass is 358 g/mol. The van der Waals surface area contributed by atoms with Crippen molar-refractivity contribution in [2.75, 3.05) is 19.6 Å². The van der Waals surface area contributed by atoms with Crippen molar-refractivity contribution in [3.8, 4) is 0 Å². The van der Waals surface area contributed by atoms with E-state index < -0.39 is 9.84 Å². The van der Waals surface area contributed by atoms with Crippen molar-refractivity contribution in [2.24, 2.45) is 5.92 Å². The lowest BCUT2D eigenvalue weighted by Gasteiger charge is -2.27. The van der Waals surface area contributed by atoms with Gasteiger partial charge in [-0.25, -0.2) is 8.42 Å². The Balaban J connectivity index is 1.63. The van der Waals surface area contributed by atoms with Crippen LogP contribution in [0.4, 0.5) is 0 Å². The maximum Gasteiger partial charge on any atom is 0.251 e. The summed E-state index contributed by atoms with van der Waals surface area (Å²) in [6.07, 6.45) is 0. The highest BCUT2D eigenvalue weighted by Crippen LogP contribution is 2.17. The fraction of sp³-hybridized carbons (Fsp3) is 0.316. The molecule has 1 aliphatic rings. The zero-order valence-corrected chi connectivity index (χ0v) is 15.0. The molecule has 6 heteroatoms. The first-order valence-electron chi connectivity index (χ1n) is 8.31. The zero-order chi connectivity index (χ0) is 17.9. The van der Waals surface area contributed by atoms with Gasteiger partial charge in [-0.05, 0) is 36.8 Å². The molecule has 25 heavy (non-hydrogen) atoms. The fourth-order valence-electron chi connectivity index (χ4n) is 2.63. The Labute approximate surface area is 148 Å². The average Bonchev–Trinajstić information content (AvgIpc) is 2.54. The Morgan fingerprint density at radius 1 is 1.08 bits per heavy atom. The van der Waals surface area contributed by atoms with Gasteiger partial charge in [0.25, 0.3) is 5.91 Å². The van der Waals surface area contributed by atoms with Crippen molar-refractivity contribution < 1.29 is 13.2 Å².